The summed E-state index contributed by atoms with van der Waals surface area (Å²) in [6.45, 7) is 1.52. The maximum atomic E-state index is 11.7. The van der Waals surface area contributed by atoms with Gasteiger partial charge in [0, 0.05) is 6.54 Å². The number of rotatable bonds is 3. The molecule has 90 valence electrons. The SMILES string of the molecule is COC(=O)C(NC1=NCCN1)c1ccccc1. The van der Waals surface area contributed by atoms with Crippen LogP contribution in [0, 0.1) is 0 Å². The Balaban J connectivity index is 2.16. The first-order valence-electron chi connectivity index (χ1n) is 5.49. The van der Waals surface area contributed by atoms with Gasteiger partial charge in [-0.2, -0.15) is 0 Å². The minimum atomic E-state index is -0.523. The van der Waals surface area contributed by atoms with Crippen LogP contribution in [0.4, 0.5) is 0 Å². The van der Waals surface area contributed by atoms with Crippen LogP contribution in [0.2, 0.25) is 0 Å². The van der Waals surface area contributed by atoms with Gasteiger partial charge in [-0.15, -0.1) is 0 Å². The molecule has 1 heterocycles. The van der Waals surface area contributed by atoms with Crippen LogP contribution in [-0.4, -0.2) is 32.1 Å². The molecule has 0 saturated carbocycles. The lowest BCUT2D eigenvalue weighted by Gasteiger charge is -2.17. The van der Waals surface area contributed by atoms with Gasteiger partial charge in [-0.05, 0) is 5.56 Å². The van der Waals surface area contributed by atoms with Crippen LogP contribution in [0.3, 0.4) is 0 Å². The van der Waals surface area contributed by atoms with Crippen molar-refractivity contribution in [2.45, 2.75) is 6.04 Å². The summed E-state index contributed by atoms with van der Waals surface area (Å²) in [4.78, 5) is 15.9. The van der Waals surface area contributed by atoms with Crippen LogP contribution in [0.25, 0.3) is 0 Å². The van der Waals surface area contributed by atoms with Crippen molar-refractivity contribution in [3.8, 4) is 0 Å². The minimum Gasteiger partial charge on any atom is -0.467 e. The molecule has 1 aromatic rings. The highest BCUT2D eigenvalue weighted by Gasteiger charge is 2.23. The summed E-state index contributed by atoms with van der Waals surface area (Å²) in [6.07, 6.45) is 0. The summed E-state index contributed by atoms with van der Waals surface area (Å²) < 4.78 is 4.79. The number of guanidine groups is 1. The molecule has 2 N–H and O–H groups in total. The van der Waals surface area contributed by atoms with Crippen LogP contribution in [0.15, 0.2) is 35.3 Å². The first-order chi connectivity index (χ1) is 8.31. The highest BCUT2D eigenvalue weighted by molar-refractivity contribution is 5.88. The lowest BCUT2D eigenvalue weighted by Crippen LogP contribution is -2.40. The van der Waals surface area contributed by atoms with Crippen molar-refractivity contribution in [1.82, 2.24) is 10.6 Å². The Labute approximate surface area is 99.9 Å². The molecule has 17 heavy (non-hydrogen) atoms. The Bertz CT molecular complexity index is 417. The van der Waals surface area contributed by atoms with Crippen molar-refractivity contribution in [2.75, 3.05) is 20.2 Å². The molecule has 5 nitrogen and oxygen atoms in total. The molecule has 2 rings (SSSR count). The minimum absolute atomic E-state index is 0.326. The van der Waals surface area contributed by atoms with Crippen LogP contribution in [0.5, 0.6) is 0 Å². The molecule has 0 aliphatic carbocycles. The quantitative estimate of drug-likeness (QED) is 0.744. The third-order valence-corrected chi connectivity index (χ3v) is 2.53. The van der Waals surface area contributed by atoms with Gasteiger partial charge in [0.2, 0.25) is 0 Å². The zero-order valence-corrected chi connectivity index (χ0v) is 9.64. The standard InChI is InChI=1S/C12H15N3O2/c1-17-11(16)10(9-5-3-2-4-6-9)15-12-13-7-8-14-12/h2-6,10H,7-8H2,1H3,(H2,13,14,15). The molecule has 1 aliphatic heterocycles. The van der Waals surface area contributed by atoms with Gasteiger partial charge < -0.3 is 15.4 Å². The number of esters is 1. The van der Waals surface area contributed by atoms with Crippen molar-refractivity contribution in [3.05, 3.63) is 35.9 Å². The van der Waals surface area contributed by atoms with Gasteiger partial charge in [0.1, 0.15) is 0 Å². The summed E-state index contributed by atoms with van der Waals surface area (Å²) in [5.74, 6) is 0.317. The smallest absolute Gasteiger partial charge is 0.333 e. The highest BCUT2D eigenvalue weighted by Crippen LogP contribution is 2.14. The number of hydrogen-bond donors (Lipinski definition) is 2. The maximum absolute atomic E-state index is 11.7. The van der Waals surface area contributed by atoms with Gasteiger partial charge in [0.05, 0.1) is 13.7 Å². The second kappa shape index (κ2) is 5.34. The fourth-order valence-corrected chi connectivity index (χ4v) is 1.67. The molecule has 0 bridgehead atoms. The predicted molar refractivity (Wildman–Crippen MR) is 64.6 cm³/mol. The number of methoxy groups -OCH3 is 1. The number of benzene rings is 1. The summed E-state index contributed by atoms with van der Waals surface area (Å²) in [7, 11) is 1.38. The van der Waals surface area contributed by atoms with Crippen LogP contribution in [0.1, 0.15) is 11.6 Å². The average molecular weight is 233 g/mol. The zero-order valence-electron chi connectivity index (χ0n) is 9.64. The van der Waals surface area contributed by atoms with E-state index in [2.05, 4.69) is 15.6 Å². The van der Waals surface area contributed by atoms with Crippen molar-refractivity contribution >= 4 is 11.9 Å². The average Bonchev–Trinajstić information content (AvgIpc) is 2.89. The molecule has 1 aromatic carbocycles. The third-order valence-electron chi connectivity index (χ3n) is 2.53. The zero-order chi connectivity index (χ0) is 12.1. The largest absolute Gasteiger partial charge is 0.467 e. The molecule has 1 unspecified atom stereocenters. The van der Waals surface area contributed by atoms with E-state index in [1.54, 1.807) is 0 Å². The fraction of sp³-hybridized carbons (Fsp3) is 0.333. The van der Waals surface area contributed by atoms with Crippen molar-refractivity contribution in [2.24, 2.45) is 4.99 Å². The van der Waals surface area contributed by atoms with Gasteiger partial charge in [-0.3, -0.25) is 4.99 Å². The fourth-order valence-electron chi connectivity index (χ4n) is 1.67. The number of carbonyl (C=O) groups excluding carboxylic acids is 1. The van der Waals surface area contributed by atoms with E-state index in [4.69, 9.17) is 4.74 Å². The number of carbonyl (C=O) groups is 1. The monoisotopic (exact) mass is 233 g/mol. The summed E-state index contributed by atoms with van der Waals surface area (Å²) in [6, 6.07) is 8.91. The van der Waals surface area contributed by atoms with Crippen molar-refractivity contribution < 1.29 is 9.53 Å². The molecule has 0 amide bonds. The van der Waals surface area contributed by atoms with Gasteiger partial charge >= 0.3 is 5.97 Å². The normalized spacial score (nSPS) is 15.7. The van der Waals surface area contributed by atoms with E-state index in [-0.39, 0.29) is 5.97 Å². The third kappa shape index (κ3) is 2.75. The van der Waals surface area contributed by atoms with Crippen molar-refractivity contribution in [3.63, 3.8) is 0 Å². The van der Waals surface area contributed by atoms with Crippen molar-refractivity contribution in [1.29, 1.82) is 0 Å². The molecule has 0 fully saturated rings. The van der Waals surface area contributed by atoms with E-state index in [1.165, 1.54) is 7.11 Å². The molecule has 0 spiro atoms. The molecular weight excluding hydrogens is 218 g/mol. The molecule has 1 atom stereocenters. The van der Waals surface area contributed by atoms with Crippen LogP contribution < -0.4 is 10.6 Å². The maximum Gasteiger partial charge on any atom is 0.333 e. The number of nitrogens with one attached hydrogen (secondary N) is 2. The Hall–Kier alpha value is -2.04. The predicted octanol–water partition coefficient (Wildman–Crippen LogP) is 0.449. The van der Waals surface area contributed by atoms with E-state index >= 15 is 0 Å². The molecule has 0 saturated heterocycles. The number of nitrogens with zero attached hydrogens (tertiary/aromatic N) is 1. The molecule has 5 heteroatoms. The van der Waals surface area contributed by atoms with Crippen LogP contribution >= 0.6 is 0 Å². The van der Waals surface area contributed by atoms with Gasteiger partial charge in [-0.25, -0.2) is 4.79 Å². The molecule has 0 aromatic heterocycles. The lowest BCUT2D eigenvalue weighted by molar-refractivity contribution is -0.142. The first kappa shape index (κ1) is 11.4. The molecule has 0 radical (unpaired) electrons. The summed E-state index contributed by atoms with van der Waals surface area (Å²) in [5, 5.41) is 6.11. The van der Waals surface area contributed by atoms with E-state index < -0.39 is 6.04 Å². The highest BCUT2D eigenvalue weighted by atomic mass is 16.5. The Kier molecular flexibility index (Phi) is 3.59. The molecular formula is C12H15N3O2. The van der Waals surface area contributed by atoms with E-state index in [1.807, 2.05) is 30.3 Å². The van der Waals surface area contributed by atoms with Gasteiger partial charge in [-0.1, -0.05) is 30.3 Å². The Morgan fingerprint density at radius 1 is 1.47 bits per heavy atom. The van der Waals surface area contributed by atoms with Gasteiger partial charge in [0.25, 0.3) is 0 Å². The Morgan fingerprint density at radius 3 is 2.82 bits per heavy atom. The summed E-state index contributed by atoms with van der Waals surface area (Å²) >= 11 is 0. The van der Waals surface area contributed by atoms with E-state index in [9.17, 15) is 4.79 Å². The van der Waals surface area contributed by atoms with E-state index in [0.717, 1.165) is 18.7 Å². The number of ether oxygens (including phenoxy) is 1. The topological polar surface area (TPSA) is 62.7 Å². The second-order valence-corrected chi connectivity index (χ2v) is 3.67. The van der Waals surface area contributed by atoms with Gasteiger partial charge in [0.15, 0.2) is 12.0 Å². The van der Waals surface area contributed by atoms with Crippen LogP contribution in [-0.2, 0) is 9.53 Å². The summed E-state index contributed by atoms with van der Waals surface area (Å²) in [5.41, 5.74) is 0.857. The second-order valence-electron chi connectivity index (χ2n) is 3.67. The lowest BCUT2D eigenvalue weighted by atomic mass is 10.1. The molecule has 1 aliphatic rings. The first-order valence-corrected chi connectivity index (χ1v) is 5.49. The number of aliphatic imine (C=N–C) groups is 1. The number of hydrogen-bond acceptors (Lipinski definition) is 5. The van der Waals surface area contributed by atoms with E-state index in [0.29, 0.717) is 5.96 Å². The Morgan fingerprint density at radius 2 is 2.24 bits per heavy atom.